The van der Waals surface area contributed by atoms with Crippen molar-refractivity contribution >= 4 is 42.5 Å². The van der Waals surface area contributed by atoms with Crippen LogP contribution >= 0.6 is 42.5 Å². The van der Waals surface area contributed by atoms with Crippen molar-refractivity contribution in [1.29, 1.82) is 0 Å². The van der Waals surface area contributed by atoms with Gasteiger partial charge in [0.2, 0.25) is 0 Å². The molecule has 3 rings (SSSR count). The van der Waals surface area contributed by atoms with Crippen LogP contribution in [0.4, 0.5) is 0 Å². The number of thiol groups is 2. The predicted molar refractivity (Wildman–Crippen MR) is 77.1 cm³/mol. The van der Waals surface area contributed by atoms with Gasteiger partial charge >= 0.3 is 0 Å². The molecule has 80 valence electrons. The summed E-state index contributed by atoms with van der Waals surface area (Å²) in [6, 6.07) is 8.97. The fourth-order valence-corrected chi connectivity index (χ4v) is 12.5. The second kappa shape index (κ2) is 4.37. The lowest BCUT2D eigenvalue weighted by Gasteiger charge is -2.24. The Hall–Kier alpha value is -0.160. The Morgan fingerprint density at radius 3 is 2.40 bits per heavy atom. The van der Waals surface area contributed by atoms with Gasteiger partial charge in [0.1, 0.15) is 0 Å². The number of hydrogen-bond donors (Lipinski definition) is 2. The average molecular weight is 272 g/mol. The quantitative estimate of drug-likeness (QED) is 0.576. The summed E-state index contributed by atoms with van der Waals surface area (Å²) in [4.78, 5) is 0. The van der Waals surface area contributed by atoms with Crippen LogP contribution in [-0.4, -0.2) is 5.75 Å². The SMILES string of the molecule is C1=C[SH](c2cccs2)[SH](c2cccs2)C1. The van der Waals surface area contributed by atoms with Gasteiger partial charge in [-0.3, -0.25) is 0 Å². The van der Waals surface area contributed by atoms with Crippen LogP contribution in [0.2, 0.25) is 0 Å². The molecule has 15 heavy (non-hydrogen) atoms. The molecule has 4 heteroatoms. The third-order valence-corrected chi connectivity index (χ3v) is 12.9. The number of thiophene rings is 2. The predicted octanol–water partition coefficient (Wildman–Crippen LogP) is 4.67. The molecule has 2 unspecified atom stereocenters. The zero-order valence-corrected chi connectivity index (χ0v) is 11.5. The minimum atomic E-state index is -0.00399. The Labute approximate surface area is 103 Å². The maximum absolute atomic E-state index is 2.46. The van der Waals surface area contributed by atoms with Crippen LogP contribution in [0.5, 0.6) is 0 Å². The van der Waals surface area contributed by atoms with Gasteiger partial charge in [-0.2, -0.15) is 19.9 Å². The molecular weight excluding hydrogens is 260 g/mol. The van der Waals surface area contributed by atoms with E-state index >= 15 is 0 Å². The molecule has 2 aromatic heterocycles. The van der Waals surface area contributed by atoms with Crippen molar-refractivity contribution in [2.75, 3.05) is 5.75 Å². The molecule has 0 bridgehead atoms. The summed E-state index contributed by atoms with van der Waals surface area (Å²) < 4.78 is 3.22. The molecule has 0 N–H and O–H groups in total. The van der Waals surface area contributed by atoms with E-state index in [0.717, 1.165) is 0 Å². The molecule has 0 saturated carbocycles. The molecule has 0 spiro atoms. The fraction of sp³-hybridized carbons (Fsp3) is 0.0909. The van der Waals surface area contributed by atoms with Crippen LogP contribution in [0.3, 0.4) is 0 Å². The van der Waals surface area contributed by atoms with E-state index in [1.165, 1.54) is 5.75 Å². The second-order valence-electron chi connectivity index (χ2n) is 3.21. The minimum absolute atomic E-state index is 0.00399. The van der Waals surface area contributed by atoms with E-state index in [2.05, 4.69) is 46.5 Å². The second-order valence-corrected chi connectivity index (χ2v) is 11.6. The Kier molecular flexibility index (Phi) is 2.92. The van der Waals surface area contributed by atoms with Crippen molar-refractivity contribution < 1.29 is 0 Å². The number of rotatable bonds is 2. The molecule has 0 aliphatic carbocycles. The van der Waals surface area contributed by atoms with Crippen molar-refractivity contribution in [2.24, 2.45) is 0 Å². The van der Waals surface area contributed by atoms with Gasteiger partial charge in [-0.25, -0.2) is 0 Å². The molecule has 2 aromatic rings. The standard InChI is InChI=1S/C11H12S4/c1-4-10(12-6-1)14-8-3-9-15(14)11-5-2-7-13-11/h1-8,14-15H,9H2. The van der Waals surface area contributed by atoms with Crippen LogP contribution in [0.15, 0.2) is 54.9 Å². The lowest BCUT2D eigenvalue weighted by atomic mass is 10.7. The van der Waals surface area contributed by atoms with Gasteiger partial charge in [0, 0.05) is 9.96 Å². The average Bonchev–Trinajstić information content (AvgIpc) is 3.01. The monoisotopic (exact) mass is 272 g/mol. The first-order valence-corrected chi connectivity index (χ1v) is 10.2. The van der Waals surface area contributed by atoms with Gasteiger partial charge in [0.15, 0.2) is 0 Å². The van der Waals surface area contributed by atoms with Crippen LogP contribution < -0.4 is 0 Å². The summed E-state index contributed by atoms with van der Waals surface area (Å²) in [5, 5.41) is 6.87. The third-order valence-electron chi connectivity index (χ3n) is 2.28. The summed E-state index contributed by atoms with van der Waals surface area (Å²) >= 11 is 3.85. The molecule has 0 amide bonds. The Morgan fingerprint density at radius 1 is 1.00 bits per heavy atom. The normalized spacial score (nSPS) is 29.6. The molecule has 1 aliphatic rings. The molecule has 0 saturated heterocycles. The highest BCUT2D eigenvalue weighted by atomic mass is 33.2. The first kappa shape index (κ1) is 10.0. The van der Waals surface area contributed by atoms with Crippen LogP contribution in [0.25, 0.3) is 0 Å². The molecule has 3 heterocycles. The Balaban J connectivity index is 1.92. The summed E-state index contributed by atoms with van der Waals surface area (Å²) in [7, 11) is 0.0615. The lowest BCUT2D eigenvalue weighted by Crippen LogP contribution is -1.78. The van der Waals surface area contributed by atoms with Crippen molar-refractivity contribution in [2.45, 2.75) is 8.42 Å². The summed E-state index contributed by atoms with van der Waals surface area (Å²) in [6.45, 7) is 0. The maximum atomic E-state index is 2.46. The van der Waals surface area contributed by atoms with Gasteiger partial charge in [-0.1, -0.05) is 18.2 Å². The van der Waals surface area contributed by atoms with E-state index < -0.39 is 0 Å². The highest BCUT2D eigenvalue weighted by Crippen LogP contribution is 2.69. The molecule has 1 aliphatic heterocycles. The minimum Gasteiger partial charge on any atom is -0.176 e. The van der Waals surface area contributed by atoms with Crippen LogP contribution in [0, 0.1) is 0 Å². The lowest BCUT2D eigenvalue weighted by molar-refractivity contribution is 1.70. The van der Waals surface area contributed by atoms with E-state index in [1.807, 2.05) is 22.7 Å². The molecule has 0 radical (unpaired) electrons. The first-order chi connectivity index (χ1) is 7.45. The van der Waals surface area contributed by atoms with Gasteiger partial charge in [0.25, 0.3) is 0 Å². The van der Waals surface area contributed by atoms with Crippen molar-refractivity contribution in [3.05, 3.63) is 46.5 Å². The molecule has 0 aromatic carbocycles. The molecule has 0 nitrogen and oxygen atoms in total. The highest BCUT2D eigenvalue weighted by Gasteiger charge is 2.20. The van der Waals surface area contributed by atoms with Crippen molar-refractivity contribution in [3.8, 4) is 0 Å². The Bertz CT molecular complexity index is 441. The van der Waals surface area contributed by atoms with E-state index in [4.69, 9.17) is 0 Å². The first-order valence-electron chi connectivity index (χ1n) is 4.75. The maximum Gasteiger partial charge on any atom is 0.0513 e. The molecular formula is C11H12S4. The van der Waals surface area contributed by atoms with Gasteiger partial charge in [-0.15, -0.1) is 22.7 Å². The topological polar surface area (TPSA) is 0 Å². The van der Waals surface area contributed by atoms with Crippen LogP contribution in [-0.2, 0) is 0 Å². The highest BCUT2D eigenvalue weighted by molar-refractivity contribution is 8.95. The van der Waals surface area contributed by atoms with E-state index in [1.54, 1.807) is 8.42 Å². The van der Waals surface area contributed by atoms with Gasteiger partial charge in [-0.05, 0) is 28.3 Å². The van der Waals surface area contributed by atoms with E-state index in [0.29, 0.717) is 0 Å². The number of hydrogen-bond acceptors (Lipinski definition) is 2. The molecule has 2 atom stereocenters. The molecule has 0 fully saturated rings. The van der Waals surface area contributed by atoms with Gasteiger partial charge < -0.3 is 0 Å². The largest absolute Gasteiger partial charge is 0.176 e. The zero-order chi connectivity index (χ0) is 10.1. The summed E-state index contributed by atoms with van der Waals surface area (Å²) in [6.07, 6.45) is 2.39. The van der Waals surface area contributed by atoms with Gasteiger partial charge in [0.05, 0.1) is 4.21 Å². The summed E-state index contributed by atoms with van der Waals surface area (Å²) in [5.41, 5.74) is 0. The van der Waals surface area contributed by atoms with Crippen LogP contribution in [0.1, 0.15) is 0 Å². The zero-order valence-electron chi connectivity index (χ0n) is 8.04. The summed E-state index contributed by atoms with van der Waals surface area (Å²) in [5.74, 6) is 1.29. The van der Waals surface area contributed by atoms with Crippen molar-refractivity contribution in [1.82, 2.24) is 0 Å². The van der Waals surface area contributed by atoms with Crippen molar-refractivity contribution in [3.63, 3.8) is 0 Å². The third kappa shape index (κ3) is 1.91. The fourth-order valence-electron chi connectivity index (χ4n) is 1.62. The van der Waals surface area contributed by atoms with E-state index in [-0.39, 0.29) is 19.9 Å². The smallest absolute Gasteiger partial charge is 0.0513 e. The van der Waals surface area contributed by atoms with E-state index in [9.17, 15) is 0 Å². The Morgan fingerprint density at radius 2 is 1.73 bits per heavy atom.